The topological polar surface area (TPSA) is 54.9 Å². The molecule has 0 atom stereocenters. The molecule has 0 spiro atoms. The Balaban J connectivity index is 0.00000220. The summed E-state index contributed by atoms with van der Waals surface area (Å²) >= 11 is 0. The monoisotopic (exact) mass is 405 g/mol. The van der Waals surface area contributed by atoms with Gasteiger partial charge in [-0.25, -0.2) is 4.99 Å². The predicted molar refractivity (Wildman–Crippen MR) is 95.9 cm³/mol. The van der Waals surface area contributed by atoms with E-state index in [4.69, 9.17) is 9.47 Å². The molecular formula is C15H24IN3O2. The molecule has 0 aromatic heterocycles. The van der Waals surface area contributed by atoms with Crippen LogP contribution in [0.3, 0.4) is 0 Å². The minimum absolute atomic E-state index is 0. The highest BCUT2D eigenvalue weighted by molar-refractivity contribution is 14.0. The molecule has 2 N–H and O–H groups in total. The van der Waals surface area contributed by atoms with Gasteiger partial charge < -0.3 is 20.1 Å². The minimum Gasteiger partial charge on any atom is -0.493 e. The Bertz CT molecular complexity index is 476. The number of hydrogen-bond acceptors (Lipinski definition) is 3. The second-order valence-corrected chi connectivity index (χ2v) is 4.77. The van der Waals surface area contributed by atoms with E-state index in [2.05, 4.69) is 22.5 Å². The molecule has 1 aromatic carbocycles. The standard InChI is InChI=1S/C15H23N3O2.HI/c1-4-16-15(18-12-8-9-12)17-10-11-6-5-7-13(19-2)14(11)20-3;/h5-7,12H,4,8-10H2,1-3H3,(H2,16,17,18);1H. The van der Waals surface area contributed by atoms with Crippen LogP contribution < -0.4 is 20.1 Å². The lowest BCUT2D eigenvalue weighted by Gasteiger charge is -2.13. The van der Waals surface area contributed by atoms with Crippen LogP contribution in [0.2, 0.25) is 0 Å². The van der Waals surface area contributed by atoms with E-state index in [1.807, 2.05) is 18.2 Å². The Morgan fingerprint density at radius 1 is 1.29 bits per heavy atom. The lowest BCUT2D eigenvalue weighted by Crippen LogP contribution is -2.38. The Hall–Kier alpha value is -1.18. The fourth-order valence-electron chi connectivity index (χ4n) is 1.98. The average Bonchev–Trinajstić information content (AvgIpc) is 3.28. The van der Waals surface area contributed by atoms with Crippen LogP contribution in [0.25, 0.3) is 0 Å². The third kappa shape index (κ3) is 5.26. The zero-order chi connectivity index (χ0) is 14.4. The number of methoxy groups -OCH3 is 2. The number of nitrogens with zero attached hydrogens (tertiary/aromatic N) is 1. The summed E-state index contributed by atoms with van der Waals surface area (Å²) in [4.78, 5) is 4.61. The van der Waals surface area contributed by atoms with Gasteiger partial charge in [-0.05, 0) is 25.8 Å². The highest BCUT2D eigenvalue weighted by atomic mass is 127. The van der Waals surface area contributed by atoms with Gasteiger partial charge in [0.05, 0.1) is 20.8 Å². The van der Waals surface area contributed by atoms with Gasteiger partial charge in [0.15, 0.2) is 17.5 Å². The quantitative estimate of drug-likeness (QED) is 0.434. The summed E-state index contributed by atoms with van der Waals surface area (Å²) in [7, 11) is 3.29. The van der Waals surface area contributed by atoms with Gasteiger partial charge in [0.25, 0.3) is 0 Å². The Morgan fingerprint density at radius 2 is 2.05 bits per heavy atom. The summed E-state index contributed by atoms with van der Waals surface area (Å²) in [5.41, 5.74) is 1.01. The molecule has 1 aliphatic carbocycles. The minimum atomic E-state index is 0. The molecule has 0 bridgehead atoms. The summed E-state index contributed by atoms with van der Waals surface area (Å²) in [6.07, 6.45) is 2.46. The van der Waals surface area contributed by atoms with Crippen molar-refractivity contribution in [1.82, 2.24) is 10.6 Å². The van der Waals surface area contributed by atoms with Gasteiger partial charge in [0.1, 0.15) is 0 Å². The van der Waals surface area contributed by atoms with Crippen molar-refractivity contribution in [3.05, 3.63) is 23.8 Å². The molecule has 0 unspecified atom stereocenters. The van der Waals surface area contributed by atoms with Crippen LogP contribution in [0.4, 0.5) is 0 Å². The van der Waals surface area contributed by atoms with Gasteiger partial charge in [-0.2, -0.15) is 0 Å². The zero-order valence-electron chi connectivity index (χ0n) is 12.8. The number of ether oxygens (including phenoxy) is 2. The highest BCUT2D eigenvalue weighted by Gasteiger charge is 2.22. The van der Waals surface area contributed by atoms with E-state index in [1.54, 1.807) is 14.2 Å². The molecule has 0 amide bonds. The van der Waals surface area contributed by atoms with E-state index >= 15 is 0 Å². The van der Waals surface area contributed by atoms with Crippen molar-refractivity contribution in [1.29, 1.82) is 0 Å². The fraction of sp³-hybridized carbons (Fsp3) is 0.533. The number of guanidine groups is 1. The van der Waals surface area contributed by atoms with E-state index < -0.39 is 0 Å². The van der Waals surface area contributed by atoms with Crippen LogP contribution in [-0.2, 0) is 6.54 Å². The Kier molecular flexibility index (Phi) is 7.63. The molecule has 21 heavy (non-hydrogen) atoms. The van der Waals surface area contributed by atoms with Gasteiger partial charge in [0.2, 0.25) is 0 Å². The lowest BCUT2D eigenvalue weighted by molar-refractivity contribution is 0.352. The first-order valence-electron chi connectivity index (χ1n) is 7.03. The van der Waals surface area contributed by atoms with Crippen LogP contribution in [0, 0.1) is 0 Å². The first kappa shape index (κ1) is 17.9. The lowest BCUT2D eigenvalue weighted by atomic mass is 10.2. The average molecular weight is 405 g/mol. The molecule has 1 aromatic rings. The van der Waals surface area contributed by atoms with E-state index in [0.717, 1.165) is 29.6 Å². The first-order valence-corrected chi connectivity index (χ1v) is 7.03. The summed E-state index contributed by atoms with van der Waals surface area (Å²) < 4.78 is 10.7. The van der Waals surface area contributed by atoms with Gasteiger partial charge in [-0.15, -0.1) is 24.0 Å². The smallest absolute Gasteiger partial charge is 0.191 e. The molecule has 2 rings (SSSR count). The maximum absolute atomic E-state index is 5.42. The highest BCUT2D eigenvalue weighted by Crippen LogP contribution is 2.31. The van der Waals surface area contributed by atoms with Crippen LogP contribution >= 0.6 is 24.0 Å². The molecule has 0 saturated heterocycles. The Morgan fingerprint density at radius 3 is 2.62 bits per heavy atom. The third-order valence-corrected chi connectivity index (χ3v) is 3.15. The second kappa shape index (κ2) is 8.96. The van der Waals surface area contributed by atoms with Crippen molar-refractivity contribution in [2.45, 2.75) is 32.4 Å². The number of nitrogens with one attached hydrogen (secondary N) is 2. The predicted octanol–water partition coefficient (Wildman–Crippen LogP) is 2.54. The molecule has 5 nitrogen and oxygen atoms in total. The molecule has 1 saturated carbocycles. The molecule has 0 heterocycles. The van der Waals surface area contributed by atoms with Crippen LogP contribution in [0.5, 0.6) is 11.5 Å². The van der Waals surface area contributed by atoms with Crippen LogP contribution in [-0.4, -0.2) is 32.8 Å². The van der Waals surface area contributed by atoms with E-state index in [9.17, 15) is 0 Å². The van der Waals surface area contributed by atoms with Gasteiger partial charge >= 0.3 is 0 Å². The molecule has 1 aliphatic rings. The second-order valence-electron chi connectivity index (χ2n) is 4.77. The number of aliphatic imine (C=N–C) groups is 1. The molecule has 118 valence electrons. The number of hydrogen-bond donors (Lipinski definition) is 2. The maximum atomic E-state index is 5.42. The number of rotatable bonds is 6. The summed E-state index contributed by atoms with van der Waals surface area (Å²) in [5.74, 6) is 2.35. The van der Waals surface area contributed by atoms with E-state index in [1.165, 1.54) is 12.8 Å². The summed E-state index contributed by atoms with van der Waals surface area (Å²) in [6.45, 7) is 3.48. The molecule has 0 radical (unpaired) electrons. The summed E-state index contributed by atoms with van der Waals surface area (Å²) in [5, 5.41) is 6.65. The van der Waals surface area contributed by atoms with Crippen molar-refractivity contribution in [3.63, 3.8) is 0 Å². The van der Waals surface area contributed by atoms with Crippen LogP contribution in [0.15, 0.2) is 23.2 Å². The van der Waals surface area contributed by atoms with Crippen molar-refractivity contribution in [3.8, 4) is 11.5 Å². The van der Waals surface area contributed by atoms with Crippen molar-refractivity contribution >= 4 is 29.9 Å². The fourth-order valence-corrected chi connectivity index (χ4v) is 1.98. The maximum Gasteiger partial charge on any atom is 0.191 e. The van der Waals surface area contributed by atoms with Gasteiger partial charge in [0, 0.05) is 18.2 Å². The van der Waals surface area contributed by atoms with E-state index in [-0.39, 0.29) is 24.0 Å². The summed E-state index contributed by atoms with van der Waals surface area (Å²) in [6, 6.07) is 6.43. The number of para-hydroxylation sites is 1. The molecular weight excluding hydrogens is 381 g/mol. The number of benzene rings is 1. The zero-order valence-corrected chi connectivity index (χ0v) is 15.1. The largest absolute Gasteiger partial charge is 0.493 e. The molecule has 0 aliphatic heterocycles. The van der Waals surface area contributed by atoms with Crippen LogP contribution in [0.1, 0.15) is 25.3 Å². The molecule has 1 fully saturated rings. The normalized spacial score (nSPS) is 14.1. The van der Waals surface area contributed by atoms with Crippen molar-refractivity contribution in [2.75, 3.05) is 20.8 Å². The van der Waals surface area contributed by atoms with E-state index in [0.29, 0.717) is 12.6 Å². The van der Waals surface area contributed by atoms with Crippen molar-refractivity contribution < 1.29 is 9.47 Å². The van der Waals surface area contributed by atoms with Gasteiger partial charge in [-0.3, -0.25) is 0 Å². The van der Waals surface area contributed by atoms with Crippen molar-refractivity contribution in [2.24, 2.45) is 4.99 Å². The first-order chi connectivity index (χ1) is 9.78. The Labute approximate surface area is 143 Å². The number of halogens is 1. The SMILES string of the molecule is CCNC(=NCc1cccc(OC)c1OC)NC1CC1.I. The third-order valence-electron chi connectivity index (χ3n) is 3.15. The molecule has 6 heteroatoms. The van der Waals surface area contributed by atoms with Gasteiger partial charge in [-0.1, -0.05) is 12.1 Å².